The van der Waals surface area contributed by atoms with Gasteiger partial charge in [0.25, 0.3) is 5.91 Å². The Hall–Kier alpha value is -2.67. The Morgan fingerprint density at radius 3 is 2.75 bits per heavy atom. The summed E-state index contributed by atoms with van der Waals surface area (Å²) in [5.41, 5.74) is 2.54. The second-order valence-corrected chi connectivity index (χ2v) is 6.10. The smallest absolute Gasteiger partial charge is 0.276 e. The van der Waals surface area contributed by atoms with Crippen LogP contribution in [0.5, 0.6) is 0 Å². The number of hydrogen-bond donors (Lipinski definition) is 0. The maximum absolute atomic E-state index is 12.4. The average Bonchev–Trinajstić information content (AvgIpc) is 3.20. The van der Waals surface area contributed by atoms with E-state index in [9.17, 15) is 4.79 Å². The van der Waals surface area contributed by atoms with E-state index < -0.39 is 0 Å². The Kier molecular flexibility index (Phi) is 3.78. The number of fused-ring (bicyclic) bond motifs is 1. The molecule has 4 heterocycles. The van der Waals surface area contributed by atoms with Gasteiger partial charge in [-0.3, -0.25) is 9.69 Å². The first-order valence-electron chi connectivity index (χ1n) is 8.07. The van der Waals surface area contributed by atoms with Crippen molar-refractivity contribution in [2.75, 3.05) is 26.2 Å². The van der Waals surface area contributed by atoms with E-state index in [1.165, 1.54) is 0 Å². The first kappa shape index (κ1) is 14.9. The summed E-state index contributed by atoms with van der Waals surface area (Å²) in [5, 5.41) is 8.39. The molecule has 24 heavy (non-hydrogen) atoms. The minimum Gasteiger partial charge on any atom is -0.361 e. The zero-order valence-corrected chi connectivity index (χ0v) is 13.6. The molecule has 1 amide bonds. The van der Waals surface area contributed by atoms with Gasteiger partial charge in [-0.1, -0.05) is 11.2 Å². The van der Waals surface area contributed by atoms with Crippen LogP contribution in [0.4, 0.5) is 0 Å². The van der Waals surface area contributed by atoms with E-state index in [0.29, 0.717) is 24.5 Å². The van der Waals surface area contributed by atoms with Crippen molar-refractivity contribution in [2.24, 2.45) is 0 Å². The van der Waals surface area contributed by atoms with Crippen molar-refractivity contribution in [3.63, 3.8) is 0 Å². The van der Waals surface area contributed by atoms with Crippen molar-refractivity contribution in [1.82, 2.24) is 24.6 Å². The van der Waals surface area contributed by atoms with Crippen molar-refractivity contribution >= 4 is 11.4 Å². The molecular formula is C17H19N5O2. The maximum atomic E-state index is 12.4. The van der Waals surface area contributed by atoms with E-state index >= 15 is 0 Å². The summed E-state index contributed by atoms with van der Waals surface area (Å²) in [6.45, 7) is 5.63. The molecule has 7 nitrogen and oxygen atoms in total. The van der Waals surface area contributed by atoms with E-state index in [4.69, 9.17) is 4.52 Å². The molecule has 0 saturated carbocycles. The van der Waals surface area contributed by atoms with Gasteiger partial charge in [0.1, 0.15) is 5.76 Å². The highest BCUT2D eigenvalue weighted by molar-refractivity contribution is 5.92. The quantitative estimate of drug-likeness (QED) is 0.731. The van der Waals surface area contributed by atoms with Crippen molar-refractivity contribution in [1.29, 1.82) is 0 Å². The molecule has 4 rings (SSSR count). The van der Waals surface area contributed by atoms with Gasteiger partial charge in [0, 0.05) is 45.0 Å². The molecule has 0 spiro atoms. The van der Waals surface area contributed by atoms with Crippen LogP contribution >= 0.6 is 0 Å². The van der Waals surface area contributed by atoms with Gasteiger partial charge in [-0.15, -0.1) is 0 Å². The van der Waals surface area contributed by atoms with Gasteiger partial charge in [-0.2, -0.15) is 5.10 Å². The lowest BCUT2D eigenvalue weighted by Gasteiger charge is -2.33. The summed E-state index contributed by atoms with van der Waals surface area (Å²) in [6, 6.07) is 9.82. The average molecular weight is 325 g/mol. The van der Waals surface area contributed by atoms with Crippen molar-refractivity contribution in [3.8, 4) is 0 Å². The van der Waals surface area contributed by atoms with Crippen LogP contribution in [0.2, 0.25) is 0 Å². The molecule has 3 aromatic rings. The van der Waals surface area contributed by atoms with Gasteiger partial charge in [-0.05, 0) is 25.1 Å². The van der Waals surface area contributed by atoms with Gasteiger partial charge in [0.15, 0.2) is 5.69 Å². The SMILES string of the molecule is Cc1cc(C(=O)N2CCN(Cc3cc4ccccn4n3)CC2)no1. The van der Waals surface area contributed by atoms with Gasteiger partial charge < -0.3 is 9.42 Å². The number of hydrogen-bond acceptors (Lipinski definition) is 5. The molecule has 1 aliphatic heterocycles. The van der Waals surface area contributed by atoms with Crippen LogP contribution in [-0.4, -0.2) is 56.7 Å². The molecular weight excluding hydrogens is 306 g/mol. The van der Waals surface area contributed by atoms with Crippen LogP contribution in [0.1, 0.15) is 21.9 Å². The molecule has 1 aliphatic rings. The van der Waals surface area contributed by atoms with Gasteiger partial charge in [0.2, 0.25) is 0 Å². The van der Waals surface area contributed by atoms with Crippen LogP contribution in [0, 0.1) is 6.92 Å². The Labute approximate surface area is 139 Å². The fraction of sp³-hybridized carbons (Fsp3) is 0.353. The Bertz CT molecular complexity index is 828. The third kappa shape index (κ3) is 2.90. The van der Waals surface area contributed by atoms with Crippen LogP contribution in [0.3, 0.4) is 0 Å². The third-order valence-electron chi connectivity index (χ3n) is 4.31. The number of carbonyl (C=O) groups excluding carboxylic acids is 1. The van der Waals surface area contributed by atoms with E-state index in [-0.39, 0.29) is 5.91 Å². The lowest BCUT2D eigenvalue weighted by Crippen LogP contribution is -2.48. The van der Waals surface area contributed by atoms with Gasteiger partial charge in [0.05, 0.1) is 11.2 Å². The largest absolute Gasteiger partial charge is 0.361 e. The van der Waals surface area contributed by atoms with Crippen molar-refractivity contribution in [2.45, 2.75) is 13.5 Å². The minimum atomic E-state index is -0.0563. The predicted octanol–water partition coefficient (Wildman–Crippen LogP) is 1.59. The molecule has 1 saturated heterocycles. The Balaban J connectivity index is 1.36. The summed E-state index contributed by atoms with van der Waals surface area (Å²) < 4.78 is 6.88. The first-order valence-corrected chi connectivity index (χ1v) is 8.07. The molecule has 0 aromatic carbocycles. The minimum absolute atomic E-state index is 0.0563. The molecule has 0 bridgehead atoms. The van der Waals surface area contributed by atoms with E-state index in [1.807, 2.05) is 33.8 Å². The molecule has 124 valence electrons. The van der Waals surface area contributed by atoms with E-state index in [2.05, 4.69) is 21.2 Å². The number of aryl methyl sites for hydroxylation is 1. The molecule has 3 aromatic heterocycles. The third-order valence-corrected chi connectivity index (χ3v) is 4.31. The Morgan fingerprint density at radius 1 is 1.21 bits per heavy atom. The number of piperazine rings is 1. The van der Waals surface area contributed by atoms with Crippen LogP contribution in [0.25, 0.3) is 5.52 Å². The molecule has 7 heteroatoms. The molecule has 0 radical (unpaired) electrons. The summed E-state index contributed by atoms with van der Waals surface area (Å²) >= 11 is 0. The summed E-state index contributed by atoms with van der Waals surface area (Å²) in [7, 11) is 0. The highest BCUT2D eigenvalue weighted by Gasteiger charge is 2.24. The van der Waals surface area contributed by atoms with E-state index in [0.717, 1.165) is 30.8 Å². The van der Waals surface area contributed by atoms with Crippen molar-refractivity contribution < 1.29 is 9.32 Å². The monoisotopic (exact) mass is 325 g/mol. The number of rotatable bonds is 3. The van der Waals surface area contributed by atoms with Gasteiger partial charge >= 0.3 is 0 Å². The topological polar surface area (TPSA) is 66.9 Å². The number of carbonyl (C=O) groups is 1. The number of nitrogens with zero attached hydrogens (tertiary/aromatic N) is 5. The molecule has 0 N–H and O–H groups in total. The number of amides is 1. The van der Waals surface area contributed by atoms with Crippen molar-refractivity contribution in [3.05, 3.63) is 53.7 Å². The van der Waals surface area contributed by atoms with Crippen LogP contribution in [-0.2, 0) is 6.54 Å². The molecule has 0 unspecified atom stereocenters. The fourth-order valence-electron chi connectivity index (χ4n) is 3.04. The van der Waals surface area contributed by atoms with Crippen LogP contribution in [0.15, 0.2) is 41.1 Å². The fourth-order valence-corrected chi connectivity index (χ4v) is 3.04. The summed E-state index contributed by atoms with van der Waals surface area (Å²) in [5.74, 6) is 0.600. The molecule has 1 fully saturated rings. The lowest BCUT2D eigenvalue weighted by molar-refractivity contribution is 0.0617. The second-order valence-electron chi connectivity index (χ2n) is 6.10. The number of pyridine rings is 1. The highest BCUT2D eigenvalue weighted by atomic mass is 16.5. The van der Waals surface area contributed by atoms with Gasteiger partial charge in [-0.25, -0.2) is 4.52 Å². The Morgan fingerprint density at radius 2 is 2.04 bits per heavy atom. The zero-order valence-electron chi connectivity index (χ0n) is 13.6. The number of aromatic nitrogens is 3. The van der Waals surface area contributed by atoms with Crippen LogP contribution < -0.4 is 0 Å². The normalized spacial score (nSPS) is 16.0. The summed E-state index contributed by atoms with van der Waals surface area (Å²) in [6.07, 6.45) is 1.95. The standard InChI is InChI=1S/C17H19N5O2/c1-13-10-16(19-24-13)17(23)21-8-6-20(7-9-21)12-14-11-15-4-2-3-5-22(15)18-14/h2-5,10-11H,6-9,12H2,1H3. The second kappa shape index (κ2) is 6.09. The molecule has 0 atom stereocenters. The lowest BCUT2D eigenvalue weighted by atomic mass is 10.2. The van der Waals surface area contributed by atoms with E-state index in [1.54, 1.807) is 13.0 Å². The predicted molar refractivity (Wildman–Crippen MR) is 87.6 cm³/mol. The highest BCUT2D eigenvalue weighted by Crippen LogP contribution is 2.13. The zero-order chi connectivity index (χ0) is 16.5. The summed E-state index contributed by atoms with van der Waals surface area (Å²) in [4.78, 5) is 16.5. The first-order chi connectivity index (χ1) is 11.7. The maximum Gasteiger partial charge on any atom is 0.276 e. The molecule has 0 aliphatic carbocycles.